The van der Waals surface area contributed by atoms with Crippen LogP contribution < -0.4 is 5.32 Å². The molecule has 0 bridgehead atoms. The van der Waals surface area contributed by atoms with Crippen LogP contribution in [0.1, 0.15) is 18.4 Å². The second kappa shape index (κ2) is 8.87. The molecule has 0 heterocycles. The molecule has 0 aliphatic rings. The van der Waals surface area contributed by atoms with Crippen molar-refractivity contribution in [3.05, 3.63) is 48.6 Å². The summed E-state index contributed by atoms with van der Waals surface area (Å²) in [7, 11) is 0. The Morgan fingerprint density at radius 3 is 2.65 bits per heavy atom. The Kier molecular flexibility index (Phi) is 7.06. The summed E-state index contributed by atoms with van der Waals surface area (Å²) in [6.45, 7) is 3.68. The number of nitrogens with one attached hydrogen (secondary N) is 1. The summed E-state index contributed by atoms with van der Waals surface area (Å²) in [6.07, 6.45) is 2.47. The van der Waals surface area contributed by atoms with Crippen molar-refractivity contribution in [2.45, 2.75) is 25.5 Å². The third kappa shape index (κ3) is 6.15. The van der Waals surface area contributed by atoms with Gasteiger partial charge in [-0.05, 0) is 18.4 Å². The topological polar surface area (TPSA) is 75.6 Å². The van der Waals surface area contributed by atoms with Gasteiger partial charge >= 0.3 is 5.97 Å². The van der Waals surface area contributed by atoms with E-state index in [1.165, 1.54) is 0 Å². The van der Waals surface area contributed by atoms with Crippen LogP contribution in [0.25, 0.3) is 0 Å². The van der Waals surface area contributed by atoms with Crippen molar-refractivity contribution < 1.29 is 19.4 Å². The molecule has 1 aromatic carbocycles. The summed E-state index contributed by atoms with van der Waals surface area (Å²) in [4.78, 5) is 22.5. The Labute approximate surface area is 118 Å². The molecule has 0 saturated heterocycles. The Hall–Kier alpha value is -2.14. The van der Waals surface area contributed by atoms with Gasteiger partial charge in [0.25, 0.3) is 0 Å². The van der Waals surface area contributed by atoms with Crippen molar-refractivity contribution in [3.8, 4) is 0 Å². The van der Waals surface area contributed by atoms with Crippen LogP contribution >= 0.6 is 0 Å². The van der Waals surface area contributed by atoms with Gasteiger partial charge in [0.2, 0.25) is 5.91 Å². The van der Waals surface area contributed by atoms with Crippen molar-refractivity contribution in [2.24, 2.45) is 0 Å². The predicted octanol–water partition coefficient (Wildman–Crippen LogP) is 1.74. The number of carboxylic acid groups (broad SMARTS) is 1. The molecule has 0 aromatic heterocycles. The fraction of sp³-hybridized carbons (Fsp3) is 0.333. The van der Waals surface area contributed by atoms with Crippen LogP contribution in [0.4, 0.5) is 0 Å². The third-order valence-electron chi connectivity index (χ3n) is 2.64. The minimum absolute atomic E-state index is 0.160. The number of rotatable bonds is 9. The molecular weight excluding hydrogens is 258 g/mol. The maximum atomic E-state index is 11.6. The standard InChI is InChI=1S/C15H19NO4/c1-2-3-9-13(15(18)19)16-14(17)11-20-10-12-7-5-4-6-8-12/h2,4-8,13H,1,3,9-11H2,(H,16,17)(H,18,19)/t13-/m0/s1. The molecule has 1 aromatic rings. The summed E-state index contributed by atoms with van der Waals surface area (Å²) in [5.41, 5.74) is 0.960. The van der Waals surface area contributed by atoms with Gasteiger partial charge in [-0.15, -0.1) is 6.58 Å². The fourth-order valence-corrected chi connectivity index (χ4v) is 1.61. The highest BCUT2D eigenvalue weighted by Gasteiger charge is 2.18. The number of carboxylic acids is 1. The highest BCUT2D eigenvalue weighted by atomic mass is 16.5. The summed E-state index contributed by atoms with van der Waals surface area (Å²) < 4.78 is 5.24. The van der Waals surface area contributed by atoms with Crippen LogP contribution in [0.5, 0.6) is 0 Å². The number of hydrogen-bond donors (Lipinski definition) is 2. The van der Waals surface area contributed by atoms with E-state index >= 15 is 0 Å². The second-order valence-corrected chi connectivity index (χ2v) is 4.30. The number of aliphatic carboxylic acids is 1. The minimum atomic E-state index is -1.05. The summed E-state index contributed by atoms with van der Waals surface area (Å²) in [5.74, 6) is -1.49. The molecule has 20 heavy (non-hydrogen) atoms. The van der Waals surface area contributed by atoms with Gasteiger partial charge in [0.15, 0.2) is 0 Å². The van der Waals surface area contributed by atoms with E-state index in [2.05, 4.69) is 11.9 Å². The average Bonchev–Trinajstić information content (AvgIpc) is 2.44. The molecular formula is C15H19NO4. The zero-order chi connectivity index (χ0) is 14.8. The number of allylic oxidation sites excluding steroid dienone is 1. The molecule has 5 heteroatoms. The maximum Gasteiger partial charge on any atom is 0.326 e. The molecule has 0 saturated carbocycles. The lowest BCUT2D eigenvalue weighted by Crippen LogP contribution is -2.42. The third-order valence-corrected chi connectivity index (χ3v) is 2.64. The lowest BCUT2D eigenvalue weighted by molar-refractivity contribution is -0.142. The molecule has 0 fully saturated rings. The summed E-state index contributed by atoms with van der Waals surface area (Å²) >= 11 is 0. The Balaban J connectivity index is 2.31. The van der Waals surface area contributed by atoms with E-state index in [0.717, 1.165) is 5.56 Å². The van der Waals surface area contributed by atoms with Gasteiger partial charge in [-0.1, -0.05) is 36.4 Å². The average molecular weight is 277 g/mol. The number of hydrogen-bond acceptors (Lipinski definition) is 3. The van der Waals surface area contributed by atoms with Crippen LogP contribution in [-0.4, -0.2) is 29.6 Å². The van der Waals surface area contributed by atoms with Crippen LogP contribution in [0.3, 0.4) is 0 Å². The number of ether oxygens (including phenoxy) is 1. The zero-order valence-corrected chi connectivity index (χ0v) is 11.2. The van der Waals surface area contributed by atoms with Gasteiger partial charge in [0, 0.05) is 0 Å². The lowest BCUT2D eigenvalue weighted by atomic mass is 10.1. The number of amides is 1. The molecule has 0 aliphatic carbocycles. The quantitative estimate of drug-likeness (QED) is 0.674. The fourth-order valence-electron chi connectivity index (χ4n) is 1.61. The number of benzene rings is 1. The molecule has 5 nitrogen and oxygen atoms in total. The van der Waals surface area contributed by atoms with Gasteiger partial charge < -0.3 is 15.2 Å². The Bertz CT molecular complexity index is 444. The van der Waals surface area contributed by atoms with Crippen LogP contribution in [0, 0.1) is 0 Å². The minimum Gasteiger partial charge on any atom is -0.480 e. The molecule has 0 spiro atoms. The number of carbonyl (C=O) groups excluding carboxylic acids is 1. The number of carbonyl (C=O) groups is 2. The van der Waals surface area contributed by atoms with Crippen LogP contribution in [-0.2, 0) is 20.9 Å². The van der Waals surface area contributed by atoms with Crippen molar-refractivity contribution in [3.63, 3.8) is 0 Å². The monoisotopic (exact) mass is 277 g/mol. The van der Waals surface area contributed by atoms with E-state index in [1.807, 2.05) is 30.3 Å². The summed E-state index contributed by atoms with van der Waals surface area (Å²) in [6, 6.07) is 8.54. The van der Waals surface area contributed by atoms with E-state index in [1.54, 1.807) is 6.08 Å². The largest absolute Gasteiger partial charge is 0.480 e. The second-order valence-electron chi connectivity index (χ2n) is 4.30. The molecule has 0 unspecified atom stereocenters. The molecule has 108 valence electrons. The van der Waals surface area contributed by atoms with Gasteiger partial charge in [0.05, 0.1) is 6.61 Å². The normalized spacial score (nSPS) is 11.6. The first-order valence-corrected chi connectivity index (χ1v) is 6.38. The lowest BCUT2D eigenvalue weighted by Gasteiger charge is -2.13. The van der Waals surface area contributed by atoms with Crippen LogP contribution in [0.15, 0.2) is 43.0 Å². The Morgan fingerprint density at radius 2 is 2.05 bits per heavy atom. The SMILES string of the molecule is C=CCC[C@H](NC(=O)COCc1ccccc1)C(=O)O. The van der Waals surface area contributed by atoms with Gasteiger partial charge in [-0.25, -0.2) is 4.79 Å². The highest BCUT2D eigenvalue weighted by Crippen LogP contribution is 2.01. The van der Waals surface area contributed by atoms with Gasteiger partial charge in [-0.2, -0.15) is 0 Å². The first-order chi connectivity index (χ1) is 9.63. The molecule has 2 N–H and O–H groups in total. The molecule has 1 amide bonds. The first-order valence-electron chi connectivity index (χ1n) is 6.38. The Morgan fingerprint density at radius 1 is 1.35 bits per heavy atom. The highest BCUT2D eigenvalue weighted by molar-refractivity contribution is 5.84. The molecule has 0 aliphatic heterocycles. The van der Waals surface area contributed by atoms with Gasteiger partial charge in [0.1, 0.15) is 12.6 Å². The van der Waals surface area contributed by atoms with E-state index in [9.17, 15) is 9.59 Å². The maximum absolute atomic E-state index is 11.6. The van der Waals surface area contributed by atoms with E-state index in [4.69, 9.17) is 9.84 Å². The van der Waals surface area contributed by atoms with E-state index in [0.29, 0.717) is 19.4 Å². The molecule has 1 rings (SSSR count). The van der Waals surface area contributed by atoms with Crippen molar-refractivity contribution in [2.75, 3.05) is 6.61 Å². The summed E-state index contributed by atoms with van der Waals surface area (Å²) in [5, 5.41) is 11.4. The van der Waals surface area contributed by atoms with E-state index < -0.39 is 17.9 Å². The van der Waals surface area contributed by atoms with Crippen LogP contribution in [0.2, 0.25) is 0 Å². The predicted molar refractivity (Wildman–Crippen MR) is 75.1 cm³/mol. The van der Waals surface area contributed by atoms with Crippen molar-refractivity contribution in [1.82, 2.24) is 5.32 Å². The van der Waals surface area contributed by atoms with Crippen molar-refractivity contribution in [1.29, 1.82) is 0 Å². The molecule has 1 atom stereocenters. The first kappa shape index (κ1) is 15.9. The van der Waals surface area contributed by atoms with Gasteiger partial charge in [-0.3, -0.25) is 4.79 Å². The van der Waals surface area contributed by atoms with E-state index in [-0.39, 0.29) is 6.61 Å². The molecule has 0 radical (unpaired) electrons. The van der Waals surface area contributed by atoms with Crippen molar-refractivity contribution >= 4 is 11.9 Å². The zero-order valence-electron chi connectivity index (χ0n) is 11.2. The smallest absolute Gasteiger partial charge is 0.326 e.